The smallest absolute Gasteiger partial charge is 0.343 e. The van der Waals surface area contributed by atoms with Gasteiger partial charge in [0.25, 0.3) is 0 Å². The Morgan fingerprint density at radius 1 is 0.583 bits per heavy atom. The van der Waals surface area contributed by atoms with Crippen LogP contribution in [-0.2, 0) is 21.1 Å². The van der Waals surface area contributed by atoms with Gasteiger partial charge in [0.05, 0.1) is 0 Å². The first-order valence-corrected chi connectivity index (χ1v) is 10.3. The fourth-order valence-corrected chi connectivity index (χ4v) is 1.34. The molecule has 0 saturated carbocycles. The van der Waals surface area contributed by atoms with Crippen LogP contribution in [0.1, 0.15) is 102 Å². The molecule has 0 aromatic heterocycles. The third-order valence-electron chi connectivity index (χ3n) is 3.28. The summed E-state index contributed by atoms with van der Waals surface area (Å²) in [7, 11) is 0. The van der Waals surface area contributed by atoms with Gasteiger partial charge in [-0.3, -0.25) is 0 Å². The van der Waals surface area contributed by atoms with Gasteiger partial charge >= 0.3 is 21.1 Å². The van der Waals surface area contributed by atoms with Crippen molar-refractivity contribution in [3.63, 3.8) is 0 Å². The van der Waals surface area contributed by atoms with Crippen LogP contribution in [0.25, 0.3) is 0 Å². The van der Waals surface area contributed by atoms with Crippen molar-refractivity contribution in [1.29, 1.82) is 0 Å². The predicted molar refractivity (Wildman–Crippen MR) is 115 cm³/mol. The van der Waals surface area contributed by atoms with Gasteiger partial charge in [0.1, 0.15) is 0 Å². The van der Waals surface area contributed by atoms with Crippen LogP contribution < -0.4 is 0 Å². The molecule has 0 radical (unpaired) electrons. The van der Waals surface area contributed by atoms with Gasteiger partial charge in [-0.05, 0) is 0 Å². The molecule has 24 heavy (non-hydrogen) atoms. The molecule has 154 valence electrons. The zero-order valence-electron chi connectivity index (χ0n) is 19.3. The van der Waals surface area contributed by atoms with Crippen molar-refractivity contribution in [2.24, 2.45) is 23.7 Å². The Hall–Kier alpha value is 0.688. The molecule has 0 saturated heterocycles. The maximum absolute atomic E-state index is 4.04. The average molecular weight is 524 g/mol. The summed E-state index contributed by atoms with van der Waals surface area (Å²) in [6, 6.07) is 0. The summed E-state index contributed by atoms with van der Waals surface area (Å²) in [6.45, 7) is 32.9. The third kappa shape index (κ3) is 38.3. The zero-order valence-corrected chi connectivity index (χ0v) is 21.6. The maximum Gasteiger partial charge on any atom is 4.00 e. The monoisotopic (exact) mass is 523 g/mol. The summed E-state index contributed by atoms with van der Waals surface area (Å²) < 4.78 is 0. The van der Waals surface area contributed by atoms with Crippen LogP contribution in [0.4, 0.5) is 0 Å². The summed E-state index contributed by atoms with van der Waals surface area (Å²) in [5, 5.41) is 0. The molecule has 1 heteroatoms. The van der Waals surface area contributed by atoms with E-state index in [1.54, 1.807) is 0 Å². The van der Waals surface area contributed by atoms with Gasteiger partial charge in [-0.25, -0.2) is 0 Å². The van der Waals surface area contributed by atoms with Gasteiger partial charge in [0, 0.05) is 0 Å². The Labute approximate surface area is 173 Å². The minimum atomic E-state index is 0. The first kappa shape index (κ1) is 39.7. The molecule has 0 aliphatic heterocycles. The van der Waals surface area contributed by atoms with Crippen LogP contribution in [0.15, 0.2) is 0 Å². The van der Waals surface area contributed by atoms with E-state index in [0.29, 0.717) is 23.7 Å². The van der Waals surface area contributed by atoms with Crippen molar-refractivity contribution in [2.75, 3.05) is 0 Å². The van der Waals surface area contributed by atoms with E-state index in [4.69, 9.17) is 0 Å². The standard InChI is InChI=1S/C15H28.4C2H6.Pt/c1-12(2)14(5)10-8-7-9-11-15(6)13(3)4;4*1-2;/h10-15H,1,3,7-9H2,2,4-6H3;4*1-2H3;/q-4;;;;;+4. The fourth-order valence-electron chi connectivity index (χ4n) is 1.34. The third-order valence-corrected chi connectivity index (χ3v) is 3.28. The Morgan fingerprint density at radius 2 is 0.792 bits per heavy atom. The van der Waals surface area contributed by atoms with Gasteiger partial charge in [0.2, 0.25) is 0 Å². The molecule has 0 heterocycles. The Bertz CT molecular complexity index is 125. The Morgan fingerprint density at radius 3 is 0.958 bits per heavy atom. The van der Waals surface area contributed by atoms with Gasteiger partial charge in [-0.2, -0.15) is 36.5 Å². The molecule has 0 aliphatic carbocycles. The van der Waals surface area contributed by atoms with E-state index in [1.807, 2.05) is 55.4 Å². The van der Waals surface area contributed by atoms with Crippen LogP contribution in [0, 0.1) is 50.4 Å². The molecule has 0 fully saturated rings. The average Bonchev–Trinajstić information content (AvgIpc) is 2.61. The summed E-state index contributed by atoms with van der Waals surface area (Å²) in [6.07, 6.45) is 8.52. The first-order chi connectivity index (χ1) is 10.9. The Kier molecular flexibility index (Phi) is 64.4. The van der Waals surface area contributed by atoms with Gasteiger partial charge in [0.15, 0.2) is 0 Å². The molecule has 0 spiro atoms. The van der Waals surface area contributed by atoms with Crippen molar-refractivity contribution in [3.05, 3.63) is 26.7 Å². The van der Waals surface area contributed by atoms with Crippen molar-refractivity contribution in [3.8, 4) is 0 Å². The van der Waals surface area contributed by atoms with Crippen LogP contribution in [0.3, 0.4) is 0 Å². The topological polar surface area (TPSA) is 0 Å². The van der Waals surface area contributed by atoms with E-state index in [1.165, 1.54) is 19.3 Å². The van der Waals surface area contributed by atoms with Gasteiger partial charge < -0.3 is 26.7 Å². The number of hydrogen-bond acceptors (Lipinski definition) is 0. The van der Waals surface area contributed by atoms with Crippen molar-refractivity contribution >= 4 is 0 Å². The minimum Gasteiger partial charge on any atom is -0.343 e. The molecule has 0 aromatic rings. The van der Waals surface area contributed by atoms with Crippen LogP contribution in [0.2, 0.25) is 0 Å². The number of rotatable bonds is 8. The summed E-state index contributed by atoms with van der Waals surface area (Å²) >= 11 is 0. The van der Waals surface area contributed by atoms with Crippen LogP contribution >= 0.6 is 0 Å². The largest absolute Gasteiger partial charge is 4.00 e. The molecule has 0 amide bonds. The Balaban J connectivity index is -0.0000000782. The SMILES string of the molecule is CC.CC.CC.CC.[CH2-]C(C)C(C)[CH-]CCC[CH-]C(C)C([CH2-])C.[Pt+4]. The van der Waals surface area contributed by atoms with Gasteiger partial charge in [-0.15, -0.1) is 6.42 Å². The zero-order chi connectivity index (χ0) is 19.8. The normalized spacial score (nSPS) is 13.2. The summed E-state index contributed by atoms with van der Waals surface area (Å²) in [4.78, 5) is 0. The number of unbranched alkanes of at least 4 members (excludes halogenated alkanes) is 2. The van der Waals surface area contributed by atoms with Gasteiger partial charge in [-0.1, -0.05) is 83.1 Å². The molecule has 0 rings (SSSR count). The van der Waals surface area contributed by atoms with Crippen molar-refractivity contribution in [2.45, 2.75) is 102 Å². The van der Waals surface area contributed by atoms with E-state index >= 15 is 0 Å². The summed E-state index contributed by atoms with van der Waals surface area (Å²) in [5.74, 6) is 2.36. The molecule has 0 N–H and O–H groups in total. The molecular formula is C23H52Pt. The van der Waals surface area contributed by atoms with Crippen LogP contribution in [-0.4, -0.2) is 0 Å². The second-order valence-electron chi connectivity index (χ2n) is 5.08. The molecule has 4 atom stereocenters. The molecule has 0 nitrogen and oxygen atoms in total. The van der Waals surface area contributed by atoms with Crippen molar-refractivity contribution < 1.29 is 21.1 Å². The second-order valence-corrected chi connectivity index (χ2v) is 5.08. The maximum atomic E-state index is 4.04. The quantitative estimate of drug-likeness (QED) is 0.220. The summed E-state index contributed by atoms with van der Waals surface area (Å²) in [5.41, 5.74) is 0. The molecule has 4 unspecified atom stereocenters. The molecular weight excluding hydrogens is 471 g/mol. The molecule has 0 bridgehead atoms. The fraction of sp³-hybridized carbons (Fsp3) is 0.826. The minimum absolute atomic E-state index is 0. The predicted octanol–water partition coefficient (Wildman–Crippen LogP) is 8.88. The second kappa shape index (κ2) is 39.0. The van der Waals surface area contributed by atoms with E-state index in [0.717, 1.165) is 0 Å². The van der Waals surface area contributed by atoms with Crippen molar-refractivity contribution in [1.82, 2.24) is 0 Å². The van der Waals surface area contributed by atoms with E-state index in [9.17, 15) is 0 Å². The van der Waals surface area contributed by atoms with E-state index < -0.39 is 0 Å². The van der Waals surface area contributed by atoms with Crippen LogP contribution in [0.5, 0.6) is 0 Å². The van der Waals surface area contributed by atoms with E-state index in [-0.39, 0.29) is 21.1 Å². The molecule has 0 aromatic carbocycles. The number of hydrogen-bond donors (Lipinski definition) is 0. The van der Waals surface area contributed by atoms with E-state index in [2.05, 4.69) is 54.4 Å². The molecule has 0 aliphatic rings. The first-order valence-electron chi connectivity index (χ1n) is 10.3.